The predicted octanol–water partition coefficient (Wildman–Crippen LogP) is 11.2. The van der Waals surface area contributed by atoms with Crippen LogP contribution in [0.25, 0.3) is 0 Å². The molecule has 1 aromatic carbocycles. The van der Waals surface area contributed by atoms with Crippen LogP contribution in [0.15, 0.2) is 24.3 Å². The van der Waals surface area contributed by atoms with E-state index in [1.54, 1.807) is 0 Å². The first-order valence-electron chi connectivity index (χ1n) is 17.7. The lowest BCUT2D eigenvalue weighted by Gasteiger charge is -2.09. The number of esters is 1. The first kappa shape index (κ1) is 37.5. The van der Waals surface area contributed by atoms with E-state index in [0.717, 1.165) is 25.0 Å². The lowest BCUT2D eigenvalue weighted by atomic mass is 10.0. The predicted molar refractivity (Wildman–Crippen MR) is 175 cm³/mol. The summed E-state index contributed by atoms with van der Waals surface area (Å²) in [5.74, 6) is 0.781. The van der Waals surface area contributed by atoms with Gasteiger partial charge in [-0.2, -0.15) is 0 Å². The van der Waals surface area contributed by atoms with E-state index in [-0.39, 0.29) is 5.97 Å². The van der Waals surface area contributed by atoms with Crippen LogP contribution in [0.5, 0.6) is 5.75 Å². The number of hydrogen-bond donors (Lipinski definition) is 0. The van der Waals surface area contributed by atoms with E-state index < -0.39 is 0 Å². The van der Waals surface area contributed by atoms with Crippen LogP contribution in [0.2, 0.25) is 0 Å². The Labute approximate surface area is 254 Å². The smallest absolute Gasteiger partial charge is 0.305 e. The van der Waals surface area contributed by atoms with Crippen molar-refractivity contribution in [2.24, 2.45) is 0 Å². The van der Waals surface area contributed by atoms with Gasteiger partial charge in [0.25, 0.3) is 0 Å². The molecular weight excluding hydrogens is 508 g/mol. The topological polar surface area (TPSA) is 44.8 Å². The van der Waals surface area contributed by atoms with Crippen LogP contribution >= 0.6 is 0 Å². The molecule has 4 nitrogen and oxygen atoms in total. The summed E-state index contributed by atoms with van der Waals surface area (Å²) in [5, 5.41) is 0. The number of rotatable bonds is 31. The number of benzene rings is 1. The molecule has 0 saturated carbocycles. The summed E-state index contributed by atoms with van der Waals surface area (Å²) < 4.78 is 16.6. The van der Waals surface area contributed by atoms with Crippen LogP contribution in [0, 0.1) is 0 Å². The average molecular weight is 575 g/mol. The van der Waals surface area contributed by atoms with Crippen LogP contribution in [-0.4, -0.2) is 32.4 Å². The Bertz CT molecular complexity index is 672. The van der Waals surface area contributed by atoms with E-state index in [9.17, 15) is 4.79 Å². The van der Waals surface area contributed by atoms with E-state index in [1.165, 1.54) is 134 Å². The summed E-state index contributed by atoms with van der Waals surface area (Å²) in [4.78, 5) is 11.9. The zero-order valence-electron chi connectivity index (χ0n) is 27.2. The van der Waals surface area contributed by atoms with E-state index in [1.807, 2.05) is 0 Å². The molecule has 0 aliphatic rings. The van der Waals surface area contributed by atoms with Crippen LogP contribution < -0.4 is 4.74 Å². The Morgan fingerprint density at radius 1 is 0.512 bits per heavy atom. The van der Waals surface area contributed by atoms with Gasteiger partial charge in [0, 0.05) is 6.42 Å². The molecule has 0 saturated heterocycles. The maximum Gasteiger partial charge on any atom is 0.305 e. The van der Waals surface area contributed by atoms with Gasteiger partial charge in [0.15, 0.2) is 0 Å². The molecule has 1 aromatic rings. The molecule has 0 fully saturated rings. The molecule has 0 aromatic heterocycles. The molecule has 1 rings (SSSR count). The van der Waals surface area contributed by atoms with Gasteiger partial charge in [-0.1, -0.05) is 154 Å². The second-order valence-corrected chi connectivity index (χ2v) is 11.9. The first-order valence-corrected chi connectivity index (χ1v) is 17.7. The summed E-state index contributed by atoms with van der Waals surface area (Å²) in [6.07, 6.45) is 31.1. The van der Waals surface area contributed by atoms with Gasteiger partial charge in [-0.05, 0) is 37.0 Å². The second-order valence-electron chi connectivity index (χ2n) is 11.9. The minimum absolute atomic E-state index is 0.101. The average Bonchev–Trinajstić information content (AvgIpc) is 2.99. The van der Waals surface area contributed by atoms with Gasteiger partial charge in [0.2, 0.25) is 0 Å². The van der Waals surface area contributed by atoms with Gasteiger partial charge in [-0.25, -0.2) is 0 Å². The Hall–Kier alpha value is -1.55. The molecule has 41 heavy (non-hydrogen) atoms. The van der Waals surface area contributed by atoms with Gasteiger partial charge in [0.1, 0.15) is 19.0 Å². The van der Waals surface area contributed by atoms with E-state index in [0.29, 0.717) is 32.8 Å². The molecule has 0 radical (unpaired) electrons. The molecule has 0 N–H and O–H groups in total. The van der Waals surface area contributed by atoms with E-state index >= 15 is 0 Å². The highest BCUT2D eigenvalue weighted by atomic mass is 16.6. The van der Waals surface area contributed by atoms with Crippen molar-refractivity contribution in [3.63, 3.8) is 0 Å². The maximum atomic E-state index is 11.9. The third-order valence-corrected chi connectivity index (χ3v) is 7.96. The quantitative estimate of drug-likeness (QED) is 0.0653. The maximum absolute atomic E-state index is 11.9. The number of carbonyl (C=O) groups is 1. The van der Waals surface area contributed by atoms with Crippen molar-refractivity contribution in [1.82, 2.24) is 0 Å². The summed E-state index contributed by atoms with van der Waals surface area (Å²) >= 11 is 0. The first-order chi connectivity index (χ1) is 20.3. The summed E-state index contributed by atoms with van der Waals surface area (Å²) in [6, 6.07) is 8.45. The van der Waals surface area contributed by atoms with Crippen molar-refractivity contribution in [2.45, 2.75) is 168 Å². The highest BCUT2D eigenvalue weighted by Crippen LogP contribution is 2.16. The molecule has 0 unspecified atom stereocenters. The lowest BCUT2D eigenvalue weighted by Crippen LogP contribution is -2.13. The van der Waals surface area contributed by atoms with Gasteiger partial charge >= 0.3 is 5.97 Å². The standard InChI is InChI=1S/C37H66O4/c1-3-5-7-9-11-12-13-14-15-16-17-18-20-22-24-26-37(38)41-34-32-39-31-33-40-36-29-27-35(28-30-36)25-23-21-19-10-8-6-4-2/h27-30H,3-26,31-34H2,1-2H3. The van der Waals surface area contributed by atoms with Gasteiger partial charge in [0.05, 0.1) is 13.2 Å². The summed E-state index contributed by atoms with van der Waals surface area (Å²) in [7, 11) is 0. The monoisotopic (exact) mass is 574 g/mol. The molecule has 0 aliphatic heterocycles. The van der Waals surface area contributed by atoms with E-state index in [2.05, 4.69) is 38.1 Å². The van der Waals surface area contributed by atoms with Crippen molar-refractivity contribution in [3.8, 4) is 5.75 Å². The fraction of sp³-hybridized carbons (Fsp3) is 0.811. The van der Waals surface area contributed by atoms with Gasteiger partial charge < -0.3 is 14.2 Å². The largest absolute Gasteiger partial charge is 0.491 e. The minimum Gasteiger partial charge on any atom is -0.491 e. The van der Waals surface area contributed by atoms with Gasteiger partial charge in [-0.3, -0.25) is 4.79 Å². The van der Waals surface area contributed by atoms with Crippen LogP contribution in [0.3, 0.4) is 0 Å². The Morgan fingerprint density at radius 2 is 0.951 bits per heavy atom. The van der Waals surface area contributed by atoms with Crippen molar-refractivity contribution in [1.29, 1.82) is 0 Å². The molecule has 0 atom stereocenters. The molecule has 0 amide bonds. The number of carbonyl (C=O) groups excluding carboxylic acids is 1. The third-order valence-electron chi connectivity index (χ3n) is 7.96. The zero-order valence-corrected chi connectivity index (χ0v) is 27.2. The van der Waals surface area contributed by atoms with Crippen LogP contribution in [0.1, 0.15) is 167 Å². The fourth-order valence-electron chi connectivity index (χ4n) is 5.29. The van der Waals surface area contributed by atoms with Crippen molar-refractivity contribution in [2.75, 3.05) is 26.4 Å². The third kappa shape index (κ3) is 25.9. The SMILES string of the molecule is CCCCCCCCCCCCCCCCCC(=O)OCCOCCOc1ccc(CCCCCCCCC)cc1. The fourth-order valence-corrected chi connectivity index (χ4v) is 5.29. The Kier molecular flexibility index (Phi) is 27.4. The molecule has 0 aliphatic carbocycles. The highest BCUT2D eigenvalue weighted by molar-refractivity contribution is 5.69. The van der Waals surface area contributed by atoms with Crippen LogP contribution in [0.4, 0.5) is 0 Å². The van der Waals surface area contributed by atoms with Crippen molar-refractivity contribution in [3.05, 3.63) is 29.8 Å². The van der Waals surface area contributed by atoms with Crippen molar-refractivity contribution >= 4 is 5.97 Å². The molecule has 0 heterocycles. The Balaban J connectivity index is 1.82. The number of hydrogen-bond acceptors (Lipinski definition) is 4. The highest BCUT2D eigenvalue weighted by Gasteiger charge is 2.03. The van der Waals surface area contributed by atoms with Gasteiger partial charge in [-0.15, -0.1) is 0 Å². The number of ether oxygens (including phenoxy) is 3. The van der Waals surface area contributed by atoms with E-state index in [4.69, 9.17) is 14.2 Å². The summed E-state index contributed by atoms with van der Waals surface area (Å²) in [6.45, 7) is 6.29. The molecule has 4 heteroatoms. The Morgan fingerprint density at radius 3 is 1.46 bits per heavy atom. The molecule has 0 spiro atoms. The molecule has 0 bridgehead atoms. The normalized spacial score (nSPS) is 11.2. The van der Waals surface area contributed by atoms with Crippen molar-refractivity contribution < 1.29 is 19.0 Å². The lowest BCUT2D eigenvalue weighted by molar-refractivity contribution is -0.145. The zero-order chi connectivity index (χ0) is 29.5. The molecule has 238 valence electrons. The minimum atomic E-state index is -0.101. The van der Waals surface area contributed by atoms with Crippen LogP contribution in [-0.2, 0) is 20.7 Å². The second kappa shape index (κ2) is 29.9. The summed E-state index contributed by atoms with van der Waals surface area (Å²) in [5.41, 5.74) is 1.38. The molecular formula is C37H66O4. The number of aryl methyl sites for hydroxylation is 1. The number of unbranched alkanes of at least 4 members (excludes halogenated alkanes) is 20.